The Balaban J connectivity index is 1.39. The molecule has 0 saturated carbocycles. The zero-order valence-corrected chi connectivity index (χ0v) is 23.2. The number of rotatable bonds is 8. The number of benzene rings is 3. The Hall–Kier alpha value is -4.02. The summed E-state index contributed by atoms with van der Waals surface area (Å²) in [7, 11) is -1.01. The number of nitrogens with zero attached hydrogens (tertiary/aromatic N) is 5. The molecule has 0 amide bonds. The van der Waals surface area contributed by atoms with E-state index in [2.05, 4.69) is 34.2 Å². The van der Waals surface area contributed by atoms with Crippen molar-refractivity contribution in [3.63, 3.8) is 0 Å². The van der Waals surface area contributed by atoms with Crippen LogP contribution in [0.3, 0.4) is 0 Å². The summed E-state index contributed by atoms with van der Waals surface area (Å²) in [6.07, 6.45) is 4.02. The average Bonchev–Trinajstić information content (AvgIpc) is 3.66. The minimum Gasteiger partial charge on any atom is -0.376 e. The van der Waals surface area contributed by atoms with E-state index in [1.54, 1.807) is 23.9 Å². The van der Waals surface area contributed by atoms with Gasteiger partial charge in [0.05, 0.1) is 36.8 Å². The molecule has 8 nitrogen and oxygen atoms in total. The summed E-state index contributed by atoms with van der Waals surface area (Å²) in [5.74, 6) is 0.309. The van der Waals surface area contributed by atoms with Crippen molar-refractivity contribution in [1.29, 1.82) is 0 Å². The Labute approximate surface area is 233 Å². The molecule has 0 bridgehead atoms. The fraction of sp³-hybridized carbons (Fsp3) is 0.267. The van der Waals surface area contributed by atoms with Crippen molar-refractivity contribution in [2.24, 2.45) is 7.05 Å². The highest BCUT2D eigenvalue weighted by Gasteiger charge is 2.43. The number of halogens is 1. The van der Waals surface area contributed by atoms with Gasteiger partial charge in [0, 0.05) is 30.9 Å². The molecule has 1 unspecified atom stereocenters. The van der Waals surface area contributed by atoms with Crippen molar-refractivity contribution in [2.75, 3.05) is 24.6 Å². The fourth-order valence-electron chi connectivity index (χ4n) is 5.86. The summed E-state index contributed by atoms with van der Waals surface area (Å²) in [6.45, 7) is 4.28. The van der Waals surface area contributed by atoms with Crippen LogP contribution in [-0.4, -0.2) is 47.7 Å². The van der Waals surface area contributed by atoms with E-state index in [4.69, 9.17) is 4.74 Å². The molecule has 206 valence electrons. The molecular formula is C30H30FN5O3S. The number of thiol groups is 1. The van der Waals surface area contributed by atoms with Crippen molar-refractivity contribution >= 4 is 27.4 Å². The van der Waals surface area contributed by atoms with Crippen LogP contribution in [0.1, 0.15) is 23.1 Å². The van der Waals surface area contributed by atoms with Crippen LogP contribution in [0.15, 0.2) is 84.0 Å². The van der Waals surface area contributed by atoms with Crippen LogP contribution in [0, 0.1) is 12.7 Å². The number of aryl methyl sites for hydroxylation is 2. The molecule has 0 aliphatic carbocycles. The number of hydrogen-bond acceptors (Lipinski definition) is 6. The third-order valence-corrected chi connectivity index (χ3v) is 8.49. The van der Waals surface area contributed by atoms with Gasteiger partial charge in [0.25, 0.3) is 0 Å². The third kappa shape index (κ3) is 4.77. The van der Waals surface area contributed by atoms with Gasteiger partial charge in [0.2, 0.25) is 0 Å². The first-order valence-electron chi connectivity index (χ1n) is 13.1. The number of ether oxygens (including phenoxy) is 1. The van der Waals surface area contributed by atoms with Gasteiger partial charge in [-0.3, -0.25) is 4.68 Å². The van der Waals surface area contributed by atoms with Gasteiger partial charge in [-0.15, -0.1) is 0 Å². The van der Waals surface area contributed by atoms with Gasteiger partial charge in [0.15, 0.2) is 10.7 Å². The van der Waals surface area contributed by atoms with Crippen LogP contribution in [0.25, 0.3) is 16.6 Å². The minimum atomic E-state index is -2.78. The van der Waals surface area contributed by atoms with Crippen molar-refractivity contribution in [3.8, 4) is 5.69 Å². The summed E-state index contributed by atoms with van der Waals surface area (Å²) in [5, 5.41) is 9.79. The van der Waals surface area contributed by atoms with Crippen LogP contribution >= 0.6 is 0 Å². The topological polar surface area (TPSA) is 82.2 Å². The van der Waals surface area contributed by atoms with Crippen molar-refractivity contribution < 1.29 is 17.5 Å². The Morgan fingerprint density at radius 3 is 2.55 bits per heavy atom. The summed E-state index contributed by atoms with van der Waals surface area (Å²) < 4.78 is 47.3. The zero-order valence-electron chi connectivity index (χ0n) is 22.3. The second-order valence-corrected chi connectivity index (χ2v) is 11.4. The predicted molar refractivity (Wildman–Crippen MR) is 152 cm³/mol. The lowest BCUT2D eigenvalue weighted by atomic mass is 9.77. The van der Waals surface area contributed by atoms with Crippen LogP contribution in [0.2, 0.25) is 0 Å². The molecule has 1 aliphatic heterocycles. The van der Waals surface area contributed by atoms with E-state index in [-0.39, 0.29) is 16.1 Å². The second kappa shape index (κ2) is 10.5. The lowest BCUT2D eigenvalue weighted by Crippen LogP contribution is -2.37. The summed E-state index contributed by atoms with van der Waals surface area (Å²) >= 11 is 0. The fourth-order valence-corrected chi connectivity index (χ4v) is 6.46. The maximum atomic E-state index is 13.5. The number of aromatic nitrogens is 4. The van der Waals surface area contributed by atoms with Crippen molar-refractivity contribution in [3.05, 3.63) is 102 Å². The van der Waals surface area contributed by atoms with Gasteiger partial charge in [-0.1, -0.05) is 30.3 Å². The molecule has 1 fully saturated rings. The molecule has 10 heteroatoms. The predicted octanol–water partition coefficient (Wildman–Crippen LogP) is 4.54. The lowest BCUT2D eigenvalue weighted by Gasteiger charge is -2.32. The van der Waals surface area contributed by atoms with E-state index in [0.717, 1.165) is 39.7 Å². The summed E-state index contributed by atoms with van der Waals surface area (Å²) in [5.41, 5.74) is 4.65. The van der Waals surface area contributed by atoms with Gasteiger partial charge in [0.1, 0.15) is 16.5 Å². The Bertz CT molecular complexity index is 1740. The molecule has 40 heavy (non-hydrogen) atoms. The monoisotopic (exact) mass is 559 g/mol. The zero-order chi connectivity index (χ0) is 27.9. The minimum absolute atomic E-state index is 0.228. The average molecular weight is 560 g/mol. The standard InChI is InChI=1S/C30H30FN5O3S/c1-21-14-27-23(16-33-36(27)25-10-8-24(31)9-11-25)15-26(21)30(20-39-18-22-6-4-3-5-7-22)12-13-35(19-30)29-28(40(37)38)17-32-34(29)2/h3-11,14-17,40H,12-13,18-20H2,1-2H3. The summed E-state index contributed by atoms with van der Waals surface area (Å²) in [4.78, 5) is 2.33. The molecule has 0 spiro atoms. The third-order valence-electron chi connectivity index (χ3n) is 7.79. The maximum absolute atomic E-state index is 13.5. The Morgan fingerprint density at radius 2 is 1.80 bits per heavy atom. The quantitative estimate of drug-likeness (QED) is 0.281. The van der Waals surface area contributed by atoms with E-state index in [0.29, 0.717) is 32.1 Å². The smallest absolute Gasteiger partial charge is 0.173 e. The second-order valence-electron chi connectivity index (χ2n) is 10.4. The van der Waals surface area contributed by atoms with E-state index >= 15 is 0 Å². The van der Waals surface area contributed by atoms with E-state index in [1.807, 2.05) is 41.2 Å². The molecule has 5 aromatic rings. The molecule has 1 atom stereocenters. The molecule has 6 rings (SSSR count). The van der Waals surface area contributed by atoms with Crippen LogP contribution < -0.4 is 4.90 Å². The van der Waals surface area contributed by atoms with Crippen molar-refractivity contribution in [2.45, 2.75) is 30.3 Å². The molecule has 3 heterocycles. The van der Waals surface area contributed by atoms with Gasteiger partial charge in [-0.05, 0) is 66.4 Å². The van der Waals surface area contributed by atoms with E-state index in [9.17, 15) is 12.8 Å². The van der Waals surface area contributed by atoms with Gasteiger partial charge in [-0.2, -0.15) is 10.2 Å². The van der Waals surface area contributed by atoms with Crippen LogP contribution in [-0.2, 0) is 34.5 Å². The lowest BCUT2D eigenvalue weighted by molar-refractivity contribution is 0.0770. The summed E-state index contributed by atoms with van der Waals surface area (Å²) in [6, 6.07) is 20.6. The number of hydrogen-bond donors (Lipinski definition) is 1. The molecule has 2 aromatic heterocycles. The highest BCUT2D eigenvalue weighted by Crippen LogP contribution is 2.41. The molecule has 0 radical (unpaired) electrons. The van der Waals surface area contributed by atoms with Gasteiger partial charge >= 0.3 is 0 Å². The van der Waals surface area contributed by atoms with Crippen LogP contribution in [0.4, 0.5) is 10.2 Å². The molecule has 1 aliphatic rings. The SMILES string of the molecule is Cc1cc2c(cnn2-c2ccc(F)cc2)cc1C1(COCc2ccccc2)CCN(c2c([SH](=O)=O)cnn2C)C1. The highest BCUT2D eigenvalue weighted by molar-refractivity contribution is 7.72. The molecule has 3 aromatic carbocycles. The maximum Gasteiger partial charge on any atom is 0.173 e. The number of anilines is 1. The van der Waals surface area contributed by atoms with E-state index in [1.165, 1.54) is 18.3 Å². The first-order valence-corrected chi connectivity index (χ1v) is 14.3. The van der Waals surface area contributed by atoms with Gasteiger partial charge in [-0.25, -0.2) is 17.5 Å². The molecule has 1 saturated heterocycles. The van der Waals surface area contributed by atoms with Crippen LogP contribution in [0.5, 0.6) is 0 Å². The Morgan fingerprint density at radius 1 is 1.02 bits per heavy atom. The van der Waals surface area contributed by atoms with E-state index < -0.39 is 10.7 Å². The molecular weight excluding hydrogens is 529 g/mol. The largest absolute Gasteiger partial charge is 0.376 e. The first kappa shape index (κ1) is 26.2. The Kier molecular flexibility index (Phi) is 6.89. The number of fused-ring (bicyclic) bond motifs is 1. The van der Waals surface area contributed by atoms with Gasteiger partial charge < -0.3 is 9.64 Å². The highest BCUT2D eigenvalue weighted by atomic mass is 32.2. The normalized spacial score (nSPS) is 17.4. The van der Waals surface area contributed by atoms with Crippen molar-refractivity contribution in [1.82, 2.24) is 19.6 Å². The first-order chi connectivity index (χ1) is 19.3. The molecule has 0 N–H and O–H groups in total.